The van der Waals surface area contributed by atoms with Crippen molar-refractivity contribution in [3.8, 4) is 0 Å². The van der Waals surface area contributed by atoms with Gasteiger partial charge in [0.15, 0.2) is 0 Å². The molecule has 0 saturated heterocycles. The molecular weight excluding hydrogens is 204 g/mol. The molecule has 0 radical (unpaired) electrons. The van der Waals surface area contributed by atoms with Gasteiger partial charge in [-0.15, -0.1) is 12.4 Å². The van der Waals surface area contributed by atoms with Crippen molar-refractivity contribution in [2.24, 2.45) is 5.92 Å². The first-order chi connectivity index (χ1) is 5.54. The standard InChI is InChI=1S/C9H22O2Si.ClH/c1-6-10-12(5,11-7-2)8-9(3)4;/h9H,6-8H2,1-5H3;1H. The highest BCUT2D eigenvalue weighted by molar-refractivity contribution is 6.66. The Morgan fingerprint density at radius 2 is 1.46 bits per heavy atom. The van der Waals surface area contributed by atoms with E-state index in [1.807, 2.05) is 13.8 Å². The summed E-state index contributed by atoms with van der Waals surface area (Å²) < 4.78 is 11.4. The third-order valence-corrected chi connectivity index (χ3v) is 5.04. The quantitative estimate of drug-likeness (QED) is 0.648. The number of rotatable bonds is 6. The Morgan fingerprint density at radius 1 is 1.08 bits per heavy atom. The van der Waals surface area contributed by atoms with E-state index in [1.54, 1.807) is 0 Å². The minimum Gasteiger partial charge on any atom is -0.395 e. The molecule has 0 aromatic rings. The van der Waals surface area contributed by atoms with Gasteiger partial charge in [-0.25, -0.2) is 0 Å². The third kappa shape index (κ3) is 7.49. The average molecular weight is 227 g/mol. The van der Waals surface area contributed by atoms with Crippen LogP contribution in [0.1, 0.15) is 27.7 Å². The largest absolute Gasteiger partial charge is 0.395 e. The molecule has 82 valence electrons. The third-order valence-electron chi connectivity index (χ3n) is 1.68. The fraction of sp³-hybridized carbons (Fsp3) is 1.00. The Kier molecular flexibility index (Phi) is 9.52. The summed E-state index contributed by atoms with van der Waals surface area (Å²) in [6, 6.07) is 1.09. The minimum absolute atomic E-state index is 0. The number of hydrogen-bond donors (Lipinski definition) is 0. The molecule has 4 heteroatoms. The fourth-order valence-corrected chi connectivity index (χ4v) is 4.54. The molecule has 0 N–H and O–H groups in total. The first kappa shape index (κ1) is 15.9. The lowest BCUT2D eigenvalue weighted by atomic mass is 10.3. The van der Waals surface area contributed by atoms with Crippen LogP contribution in [0.15, 0.2) is 0 Å². The smallest absolute Gasteiger partial charge is 0.335 e. The molecule has 0 aliphatic carbocycles. The number of hydrogen-bond acceptors (Lipinski definition) is 2. The average Bonchev–Trinajstić information content (AvgIpc) is 1.85. The summed E-state index contributed by atoms with van der Waals surface area (Å²) in [5, 5.41) is 0. The summed E-state index contributed by atoms with van der Waals surface area (Å²) in [4.78, 5) is 0. The number of halogens is 1. The topological polar surface area (TPSA) is 18.5 Å². The van der Waals surface area contributed by atoms with Crippen LogP contribution in [0.5, 0.6) is 0 Å². The zero-order valence-electron chi connectivity index (χ0n) is 9.42. The molecule has 0 aliphatic rings. The van der Waals surface area contributed by atoms with E-state index in [2.05, 4.69) is 20.4 Å². The fourth-order valence-electron chi connectivity index (χ4n) is 1.51. The van der Waals surface area contributed by atoms with Crippen LogP contribution in [-0.4, -0.2) is 21.8 Å². The van der Waals surface area contributed by atoms with Gasteiger partial charge in [0.25, 0.3) is 0 Å². The Hall–Kier alpha value is 0.427. The second-order valence-electron chi connectivity index (χ2n) is 3.60. The van der Waals surface area contributed by atoms with Crippen LogP contribution in [0.2, 0.25) is 12.6 Å². The normalized spacial score (nSPS) is 11.5. The van der Waals surface area contributed by atoms with Gasteiger partial charge in [0.1, 0.15) is 0 Å². The monoisotopic (exact) mass is 226 g/mol. The summed E-state index contributed by atoms with van der Waals surface area (Å²) >= 11 is 0. The molecule has 0 fully saturated rings. The second kappa shape index (κ2) is 7.80. The van der Waals surface area contributed by atoms with Gasteiger partial charge in [-0.3, -0.25) is 0 Å². The Labute approximate surface area is 89.7 Å². The van der Waals surface area contributed by atoms with Gasteiger partial charge in [-0.2, -0.15) is 0 Å². The molecule has 2 nitrogen and oxygen atoms in total. The lowest BCUT2D eigenvalue weighted by Crippen LogP contribution is -2.39. The van der Waals surface area contributed by atoms with E-state index in [1.165, 1.54) is 0 Å². The predicted octanol–water partition coefficient (Wildman–Crippen LogP) is 3.21. The maximum Gasteiger partial charge on any atom is 0.335 e. The molecule has 0 aliphatic heterocycles. The Morgan fingerprint density at radius 3 is 1.69 bits per heavy atom. The van der Waals surface area contributed by atoms with Crippen LogP contribution < -0.4 is 0 Å². The van der Waals surface area contributed by atoms with Crippen molar-refractivity contribution >= 4 is 21.0 Å². The van der Waals surface area contributed by atoms with E-state index in [-0.39, 0.29) is 12.4 Å². The van der Waals surface area contributed by atoms with Crippen molar-refractivity contribution in [2.75, 3.05) is 13.2 Å². The summed E-state index contributed by atoms with van der Waals surface area (Å²) in [7, 11) is -1.81. The van der Waals surface area contributed by atoms with Gasteiger partial charge in [-0.05, 0) is 32.4 Å². The van der Waals surface area contributed by atoms with E-state index in [0.717, 1.165) is 19.3 Å². The minimum atomic E-state index is -1.81. The highest BCUT2D eigenvalue weighted by Crippen LogP contribution is 2.19. The molecule has 0 atom stereocenters. The maximum absolute atomic E-state index is 5.70. The highest BCUT2D eigenvalue weighted by Gasteiger charge is 2.31. The lowest BCUT2D eigenvalue weighted by Gasteiger charge is -2.27. The first-order valence-corrected chi connectivity index (χ1v) is 7.34. The van der Waals surface area contributed by atoms with E-state index >= 15 is 0 Å². The molecule has 0 bridgehead atoms. The predicted molar refractivity (Wildman–Crippen MR) is 61.8 cm³/mol. The van der Waals surface area contributed by atoms with E-state index in [9.17, 15) is 0 Å². The molecule has 0 aromatic heterocycles. The maximum atomic E-state index is 5.70. The van der Waals surface area contributed by atoms with Gasteiger partial charge in [0, 0.05) is 13.2 Å². The molecule has 0 heterocycles. The van der Waals surface area contributed by atoms with Crippen LogP contribution in [0.3, 0.4) is 0 Å². The zero-order chi connectivity index (χ0) is 9.61. The van der Waals surface area contributed by atoms with Gasteiger partial charge in [0.2, 0.25) is 0 Å². The van der Waals surface area contributed by atoms with Crippen molar-refractivity contribution in [1.82, 2.24) is 0 Å². The second-order valence-corrected chi connectivity index (χ2v) is 6.85. The van der Waals surface area contributed by atoms with Crippen LogP contribution >= 0.6 is 12.4 Å². The van der Waals surface area contributed by atoms with Gasteiger partial charge in [0.05, 0.1) is 0 Å². The van der Waals surface area contributed by atoms with Crippen LogP contribution in [0.4, 0.5) is 0 Å². The van der Waals surface area contributed by atoms with Crippen molar-refractivity contribution in [3.63, 3.8) is 0 Å². The molecule has 0 saturated carbocycles. The van der Waals surface area contributed by atoms with Crippen LogP contribution in [-0.2, 0) is 8.85 Å². The van der Waals surface area contributed by atoms with Crippen LogP contribution in [0, 0.1) is 5.92 Å². The molecule has 0 rings (SSSR count). The zero-order valence-corrected chi connectivity index (χ0v) is 11.2. The molecule has 0 spiro atoms. The van der Waals surface area contributed by atoms with Crippen molar-refractivity contribution in [3.05, 3.63) is 0 Å². The molecule has 0 amide bonds. The van der Waals surface area contributed by atoms with Crippen molar-refractivity contribution in [1.29, 1.82) is 0 Å². The van der Waals surface area contributed by atoms with Crippen molar-refractivity contribution in [2.45, 2.75) is 40.3 Å². The molecule has 0 aromatic carbocycles. The van der Waals surface area contributed by atoms with Crippen LogP contribution in [0.25, 0.3) is 0 Å². The summed E-state index contributed by atoms with van der Waals surface area (Å²) in [6.07, 6.45) is 0. The Balaban J connectivity index is 0. The molecule has 0 unspecified atom stereocenters. The summed E-state index contributed by atoms with van der Waals surface area (Å²) in [6.45, 7) is 12.2. The van der Waals surface area contributed by atoms with E-state index < -0.39 is 8.56 Å². The van der Waals surface area contributed by atoms with Gasteiger partial charge >= 0.3 is 8.56 Å². The molecule has 13 heavy (non-hydrogen) atoms. The summed E-state index contributed by atoms with van der Waals surface area (Å²) in [5.74, 6) is 0.666. The Bertz CT molecular complexity index is 114. The van der Waals surface area contributed by atoms with Gasteiger partial charge in [-0.1, -0.05) is 13.8 Å². The molecular formula is C9H23ClO2Si. The highest BCUT2D eigenvalue weighted by atomic mass is 35.5. The lowest BCUT2D eigenvalue weighted by molar-refractivity contribution is 0.185. The van der Waals surface area contributed by atoms with Gasteiger partial charge < -0.3 is 8.85 Å². The van der Waals surface area contributed by atoms with Crippen molar-refractivity contribution < 1.29 is 8.85 Å². The summed E-state index contributed by atoms with van der Waals surface area (Å²) in [5.41, 5.74) is 0. The van der Waals surface area contributed by atoms with E-state index in [0.29, 0.717) is 5.92 Å². The van der Waals surface area contributed by atoms with E-state index in [4.69, 9.17) is 8.85 Å². The first-order valence-electron chi connectivity index (χ1n) is 4.82. The SMILES string of the molecule is CCO[Si](C)(CC(C)C)OCC.Cl.